The molecule has 1 nitrogen and oxygen atoms in total. The summed E-state index contributed by atoms with van der Waals surface area (Å²) in [6.07, 6.45) is -2.25. The van der Waals surface area contributed by atoms with Crippen molar-refractivity contribution in [3.05, 3.63) is 35.9 Å². The molecule has 2 rings (SSSR count). The summed E-state index contributed by atoms with van der Waals surface area (Å²) in [7, 11) is 0. The van der Waals surface area contributed by atoms with Crippen LogP contribution in [0.25, 0.3) is 0 Å². The van der Waals surface area contributed by atoms with Crippen molar-refractivity contribution < 1.29 is 13.2 Å². The smallest absolute Gasteiger partial charge is 0.327 e. The largest absolute Gasteiger partial charge is 0.389 e. The van der Waals surface area contributed by atoms with Crippen molar-refractivity contribution in [3.8, 4) is 0 Å². The fraction of sp³-hybridized carbons (Fsp3) is 0.571. The summed E-state index contributed by atoms with van der Waals surface area (Å²) in [4.78, 5) is 0. The fourth-order valence-electron chi connectivity index (χ4n) is 2.58. The molecule has 2 N–H and O–H groups in total. The maximum atomic E-state index is 12.1. The molecule has 1 aromatic rings. The first-order chi connectivity index (χ1) is 8.44. The standard InChI is InChI=1S/C14H18F3N/c15-14(16,17)8-4-7-12(18)13(9-10-13)11-5-2-1-3-6-11/h1-3,5-6,12H,4,7-10,18H2. The first-order valence-corrected chi connectivity index (χ1v) is 6.32. The molecule has 100 valence electrons. The van der Waals surface area contributed by atoms with E-state index in [4.69, 9.17) is 5.73 Å². The lowest BCUT2D eigenvalue weighted by Gasteiger charge is -2.24. The molecule has 0 radical (unpaired) electrons. The molecule has 1 fully saturated rings. The lowest BCUT2D eigenvalue weighted by Crippen LogP contribution is -2.35. The van der Waals surface area contributed by atoms with Crippen molar-refractivity contribution in [3.63, 3.8) is 0 Å². The van der Waals surface area contributed by atoms with Gasteiger partial charge in [-0.05, 0) is 31.2 Å². The van der Waals surface area contributed by atoms with E-state index in [0.717, 1.165) is 12.8 Å². The van der Waals surface area contributed by atoms with E-state index in [0.29, 0.717) is 6.42 Å². The van der Waals surface area contributed by atoms with E-state index in [-0.39, 0.29) is 17.9 Å². The highest BCUT2D eigenvalue weighted by atomic mass is 19.4. The van der Waals surface area contributed by atoms with Crippen LogP contribution in [0.1, 0.15) is 37.7 Å². The normalized spacial score (nSPS) is 19.6. The Bertz CT molecular complexity index is 382. The van der Waals surface area contributed by atoms with Gasteiger partial charge in [0.15, 0.2) is 0 Å². The minimum atomic E-state index is -4.07. The summed E-state index contributed by atoms with van der Waals surface area (Å²) in [5.41, 5.74) is 7.22. The highest BCUT2D eigenvalue weighted by Crippen LogP contribution is 2.51. The second-order valence-electron chi connectivity index (χ2n) is 5.14. The maximum absolute atomic E-state index is 12.1. The van der Waals surface area contributed by atoms with Crippen molar-refractivity contribution >= 4 is 0 Å². The highest BCUT2D eigenvalue weighted by Gasteiger charge is 2.48. The quantitative estimate of drug-likeness (QED) is 0.853. The third-order valence-corrected chi connectivity index (χ3v) is 3.82. The molecule has 1 unspecified atom stereocenters. The molecule has 0 heterocycles. The van der Waals surface area contributed by atoms with Crippen LogP contribution < -0.4 is 5.73 Å². The summed E-state index contributed by atoms with van der Waals surface area (Å²) < 4.78 is 36.3. The highest BCUT2D eigenvalue weighted by molar-refractivity contribution is 5.33. The van der Waals surface area contributed by atoms with Crippen molar-refractivity contribution in [1.82, 2.24) is 0 Å². The van der Waals surface area contributed by atoms with E-state index in [1.165, 1.54) is 5.56 Å². The Kier molecular flexibility index (Phi) is 3.66. The Hall–Kier alpha value is -1.03. The van der Waals surface area contributed by atoms with Crippen LogP contribution in [0.3, 0.4) is 0 Å². The number of hydrogen-bond donors (Lipinski definition) is 1. The predicted molar refractivity (Wildman–Crippen MR) is 65.2 cm³/mol. The average molecular weight is 257 g/mol. The Morgan fingerprint density at radius 3 is 2.28 bits per heavy atom. The maximum Gasteiger partial charge on any atom is 0.389 e. The lowest BCUT2D eigenvalue weighted by molar-refractivity contribution is -0.135. The summed E-state index contributed by atoms with van der Waals surface area (Å²) in [5.74, 6) is 0. The third kappa shape index (κ3) is 3.05. The van der Waals surface area contributed by atoms with Gasteiger partial charge in [0.2, 0.25) is 0 Å². The van der Waals surface area contributed by atoms with Gasteiger partial charge in [0.05, 0.1) is 0 Å². The molecule has 0 saturated heterocycles. The number of hydrogen-bond acceptors (Lipinski definition) is 1. The molecule has 0 spiro atoms. The molecule has 1 aromatic carbocycles. The molecule has 4 heteroatoms. The van der Waals surface area contributed by atoms with Crippen LogP contribution in [-0.4, -0.2) is 12.2 Å². The Balaban J connectivity index is 1.91. The number of rotatable bonds is 5. The van der Waals surface area contributed by atoms with Crippen LogP contribution >= 0.6 is 0 Å². The second kappa shape index (κ2) is 4.92. The van der Waals surface area contributed by atoms with Gasteiger partial charge in [-0.25, -0.2) is 0 Å². The zero-order chi connectivity index (χ0) is 13.2. The number of alkyl halides is 3. The van der Waals surface area contributed by atoms with Gasteiger partial charge in [-0.2, -0.15) is 13.2 Å². The Labute approximate surface area is 105 Å². The van der Waals surface area contributed by atoms with E-state index in [1.54, 1.807) is 0 Å². The van der Waals surface area contributed by atoms with E-state index < -0.39 is 12.6 Å². The number of benzene rings is 1. The van der Waals surface area contributed by atoms with Crippen molar-refractivity contribution in [2.75, 3.05) is 0 Å². The van der Waals surface area contributed by atoms with Gasteiger partial charge in [-0.15, -0.1) is 0 Å². The van der Waals surface area contributed by atoms with Gasteiger partial charge < -0.3 is 5.73 Å². The zero-order valence-electron chi connectivity index (χ0n) is 10.2. The van der Waals surface area contributed by atoms with Crippen molar-refractivity contribution in [2.45, 2.75) is 49.7 Å². The first kappa shape index (κ1) is 13.4. The monoisotopic (exact) mass is 257 g/mol. The fourth-order valence-corrected chi connectivity index (χ4v) is 2.58. The van der Waals surface area contributed by atoms with Crippen LogP contribution in [0.15, 0.2) is 30.3 Å². The van der Waals surface area contributed by atoms with Gasteiger partial charge >= 0.3 is 6.18 Å². The molecule has 1 saturated carbocycles. The molecule has 1 aliphatic rings. The van der Waals surface area contributed by atoms with E-state index in [9.17, 15) is 13.2 Å². The van der Waals surface area contributed by atoms with E-state index in [2.05, 4.69) is 0 Å². The molecule has 1 aliphatic carbocycles. The lowest BCUT2D eigenvalue weighted by atomic mass is 9.86. The zero-order valence-corrected chi connectivity index (χ0v) is 10.2. The average Bonchev–Trinajstić information content (AvgIpc) is 3.09. The van der Waals surface area contributed by atoms with Crippen LogP contribution in [0, 0.1) is 0 Å². The third-order valence-electron chi connectivity index (χ3n) is 3.82. The molecule has 18 heavy (non-hydrogen) atoms. The summed E-state index contributed by atoms with van der Waals surface area (Å²) in [5, 5.41) is 0. The van der Waals surface area contributed by atoms with Gasteiger partial charge in [-0.1, -0.05) is 30.3 Å². The first-order valence-electron chi connectivity index (χ1n) is 6.32. The minimum absolute atomic E-state index is 0.0626. The minimum Gasteiger partial charge on any atom is -0.327 e. The molecule has 0 amide bonds. The Morgan fingerprint density at radius 1 is 1.17 bits per heavy atom. The second-order valence-corrected chi connectivity index (χ2v) is 5.14. The van der Waals surface area contributed by atoms with Gasteiger partial charge in [0.25, 0.3) is 0 Å². The SMILES string of the molecule is NC(CCCC(F)(F)F)C1(c2ccccc2)CC1. The molecule has 0 aliphatic heterocycles. The summed E-state index contributed by atoms with van der Waals surface area (Å²) in [6.45, 7) is 0. The van der Waals surface area contributed by atoms with Crippen LogP contribution in [-0.2, 0) is 5.41 Å². The topological polar surface area (TPSA) is 26.0 Å². The molecular formula is C14H18F3N. The van der Waals surface area contributed by atoms with Crippen molar-refractivity contribution in [2.24, 2.45) is 5.73 Å². The van der Waals surface area contributed by atoms with E-state index in [1.807, 2.05) is 30.3 Å². The van der Waals surface area contributed by atoms with Gasteiger partial charge in [0, 0.05) is 17.9 Å². The molecule has 0 aromatic heterocycles. The predicted octanol–water partition coefficient (Wildman–Crippen LogP) is 3.78. The molecule has 1 atom stereocenters. The van der Waals surface area contributed by atoms with Gasteiger partial charge in [-0.3, -0.25) is 0 Å². The van der Waals surface area contributed by atoms with Gasteiger partial charge in [0.1, 0.15) is 0 Å². The molecule has 0 bridgehead atoms. The van der Waals surface area contributed by atoms with Crippen molar-refractivity contribution in [1.29, 1.82) is 0 Å². The summed E-state index contributed by atoms with van der Waals surface area (Å²) in [6, 6.07) is 9.74. The summed E-state index contributed by atoms with van der Waals surface area (Å²) >= 11 is 0. The van der Waals surface area contributed by atoms with E-state index >= 15 is 0 Å². The van der Waals surface area contributed by atoms with Crippen LogP contribution in [0.2, 0.25) is 0 Å². The van der Waals surface area contributed by atoms with Crippen LogP contribution in [0.5, 0.6) is 0 Å². The molecular weight excluding hydrogens is 239 g/mol. The number of halogens is 3. The Morgan fingerprint density at radius 2 is 1.78 bits per heavy atom. The van der Waals surface area contributed by atoms with Crippen LogP contribution in [0.4, 0.5) is 13.2 Å². The number of nitrogens with two attached hydrogens (primary N) is 1.